The Morgan fingerprint density at radius 1 is 1.26 bits per heavy atom. The maximum absolute atomic E-state index is 12.9. The molecule has 0 bridgehead atoms. The smallest absolute Gasteiger partial charge is 0.417 e. The maximum Gasteiger partial charge on any atom is 0.417 e. The number of alkyl halides is 3. The normalized spacial score (nSPS) is 11.4. The molecular weight excluding hydrogens is 342 g/mol. The number of rotatable bonds is 3. The largest absolute Gasteiger partial charge is 0.478 e. The molecular formula is C14H8ClF4NO3. The molecule has 23 heavy (non-hydrogen) atoms. The molecule has 2 aromatic rings. The van der Waals surface area contributed by atoms with Crippen LogP contribution in [0, 0.1) is 12.9 Å². The molecule has 1 heterocycles. The van der Waals surface area contributed by atoms with Crippen LogP contribution in [0.5, 0.6) is 11.5 Å². The van der Waals surface area contributed by atoms with Gasteiger partial charge in [-0.05, 0) is 31.2 Å². The molecule has 0 saturated heterocycles. The summed E-state index contributed by atoms with van der Waals surface area (Å²) in [5, 5.41) is 8.31. The molecule has 0 saturated carbocycles. The molecule has 0 aliphatic heterocycles. The van der Waals surface area contributed by atoms with Gasteiger partial charge in [-0.25, -0.2) is 9.78 Å². The molecule has 1 aromatic carbocycles. The zero-order valence-corrected chi connectivity index (χ0v) is 12.2. The first kappa shape index (κ1) is 17.0. The number of hydrogen-bond acceptors (Lipinski definition) is 3. The number of nitrogens with zero attached hydrogens (tertiary/aromatic N) is 1. The van der Waals surface area contributed by atoms with Gasteiger partial charge in [-0.3, -0.25) is 0 Å². The third kappa shape index (κ3) is 3.70. The van der Waals surface area contributed by atoms with Gasteiger partial charge >= 0.3 is 12.1 Å². The number of pyridine rings is 1. The van der Waals surface area contributed by atoms with Gasteiger partial charge in [0.15, 0.2) is 0 Å². The van der Waals surface area contributed by atoms with E-state index in [9.17, 15) is 22.4 Å². The fourth-order valence-corrected chi connectivity index (χ4v) is 2.04. The van der Waals surface area contributed by atoms with E-state index in [2.05, 4.69) is 4.98 Å². The molecule has 0 aliphatic carbocycles. The second-order valence-corrected chi connectivity index (χ2v) is 4.86. The van der Waals surface area contributed by atoms with Gasteiger partial charge < -0.3 is 9.84 Å². The molecule has 0 spiro atoms. The number of hydrogen-bond donors (Lipinski definition) is 1. The number of carbonyl (C=O) groups is 1. The summed E-state index contributed by atoms with van der Waals surface area (Å²) in [5.74, 6) is -2.99. The van der Waals surface area contributed by atoms with Crippen molar-refractivity contribution in [2.75, 3.05) is 0 Å². The Morgan fingerprint density at radius 3 is 2.43 bits per heavy atom. The summed E-state index contributed by atoms with van der Waals surface area (Å²) in [6.07, 6.45) is -4.79. The highest BCUT2D eigenvalue weighted by Crippen LogP contribution is 2.40. The monoisotopic (exact) mass is 349 g/mol. The number of aromatic carboxylic acids is 1. The number of carboxylic acids is 1. The van der Waals surface area contributed by atoms with Crippen molar-refractivity contribution in [3.8, 4) is 11.5 Å². The average molecular weight is 350 g/mol. The van der Waals surface area contributed by atoms with Gasteiger partial charge in [0.2, 0.25) is 5.95 Å². The van der Waals surface area contributed by atoms with Crippen LogP contribution < -0.4 is 4.74 Å². The lowest BCUT2D eigenvalue weighted by Gasteiger charge is -2.15. The van der Waals surface area contributed by atoms with Crippen LogP contribution in [0.3, 0.4) is 0 Å². The second kappa shape index (κ2) is 6.04. The van der Waals surface area contributed by atoms with Crippen molar-refractivity contribution in [1.82, 2.24) is 4.98 Å². The van der Waals surface area contributed by atoms with Crippen LogP contribution in [0.4, 0.5) is 17.6 Å². The molecule has 9 heteroatoms. The van der Waals surface area contributed by atoms with Gasteiger partial charge in [0, 0.05) is 0 Å². The third-order valence-corrected chi connectivity index (χ3v) is 3.14. The quantitative estimate of drug-likeness (QED) is 0.645. The lowest BCUT2D eigenvalue weighted by molar-refractivity contribution is -0.137. The molecule has 1 N–H and O–H groups in total. The summed E-state index contributed by atoms with van der Waals surface area (Å²) in [6.45, 7) is 1.36. The van der Waals surface area contributed by atoms with Gasteiger partial charge in [-0.1, -0.05) is 11.6 Å². The first-order valence-electron chi connectivity index (χ1n) is 6.04. The van der Waals surface area contributed by atoms with Crippen molar-refractivity contribution in [3.05, 3.63) is 52.1 Å². The lowest BCUT2D eigenvalue weighted by Crippen LogP contribution is -2.09. The van der Waals surface area contributed by atoms with Crippen LogP contribution in [0.15, 0.2) is 24.3 Å². The second-order valence-electron chi connectivity index (χ2n) is 4.45. The lowest BCUT2D eigenvalue weighted by atomic mass is 10.1. The average Bonchev–Trinajstić information content (AvgIpc) is 2.41. The SMILES string of the molecule is Cc1nc(F)ccc1Oc1cc(C(F)(F)F)c(Cl)cc1C(=O)O. The molecule has 0 aliphatic rings. The minimum absolute atomic E-state index is 0.0462. The van der Waals surface area contributed by atoms with Gasteiger partial charge in [0.05, 0.1) is 16.3 Å². The summed E-state index contributed by atoms with van der Waals surface area (Å²) < 4.78 is 56.8. The number of aryl methyl sites for hydroxylation is 1. The standard InChI is InChI=1S/C14H8ClF4NO3/c1-6-10(2-3-12(16)20-6)23-11-5-8(14(17,18)19)9(15)4-7(11)13(21)22/h2-5H,1H3,(H,21,22). The number of ether oxygens (including phenoxy) is 1. The van der Waals surface area contributed by atoms with Crippen LogP contribution in [0.25, 0.3) is 0 Å². The van der Waals surface area contributed by atoms with Crippen LogP contribution in [0.2, 0.25) is 5.02 Å². The van der Waals surface area contributed by atoms with E-state index in [4.69, 9.17) is 21.4 Å². The van der Waals surface area contributed by atoms with Crippen molar-refractivity contribution >= 4 is 17.6 Å². The maximum atomic E-state index is 12.9. The Hall–Kier alpha value is -2.35. The van der Waals surface area contributed by atoms with Crippen molar-refractivity contribution in [2.45, 2.75) is 13.1 Å². The molecule has 0 radical (unpaired) electrons. The highest BCUT2D eigenvalue weighted by Gasteiger charge is 2.35. The number of carboxylic acid groups (broad SMARTS) is 1. The van der Waals surface area contributed by atoms with E-state index in [1.54, 1.807) is 0 Å². The fraction of sp³-hybridized carbons (Fsp3) is 0.143. The van der Waals surface area contributed by atoms with E-state index >= 15 is 0 Å². The van der Waals surface area contributed by atoms with Gasteiger partial charge in [-0.2, -0.15) is 17.6 Å². The molecule has 0 amide bonds. The molecule has 122 valence electrons. The van der Waals surface area contributed by atoms with E-state index < -0.39 is 40.0 Å². The summed E-state index contributed by atoms with van der Waals surface area (Å²) >= 11 is 5.48. The van der Waals surface area contributed by atoms with Crippen molar-refractivity contribution < 1.29 is 32.2 Å². The van der Waals surface area contributed by atoms with Gasteiger partial charge in [0.1, 0.15) is 17.1 Å². The van der Waals surface area contributed by atoms with Gasteiger partial charge in [-0.15, -0.1) is 0 Å². The van der Waals surface area contributed by atoms with E-state index in [-0.39, 0.29) is 11.4 Å². The third-order valence-electron chi connectivity index (χ3n) is 2.83. The van der Waals surface area contributed by atoms with E-state index in [0.717, 1.165) is 12.1 Å². The Labute approximate surface area is 132 Å². The van der Waals surface area contributed by atoms with Crippen LogP contribution in [-0.2, 0) is 6.18 Å². The minimum Gasteiger partial charge on any atom is -0.478 e. The minimum atomic E-state index is -4.79. The number of aromatic nitrogens is 1. The Morgan fingerprint density at radius 2 is 1.91 bits per heavy atom. The molecule has 0 unspecified atom stereocenters. The number of benzene rings is 1. The topological polar surface area (TPSA) is 59.4 Å². The Bertz CT molecular complexity index is 777. The number of halogens is 5. The molecule has 2 rings (SSSR count). The first-order chi connectivity index (χ1) is 10.6. The van der Waals surface area contributed by atoms with E-state index in [1.165, 1.54) is 6.92 Å². The first-order valence-corrected chi connectivity index (χ1v) is 6.42. The molecule has 0 fully saturated rings. The molecule has 4 nitrogen and oxygen atoms in total. The van der Waals surface area contributed by atoms with Crippen LogP contribution in [-0.4, -0.2) is 16.1 Å². The fourth-order valence-electron chi connectivity index (χ4n) is 1.77. The summed E-state index contributed by atoms with van der Waals surface area (Å²) in [6, 6.07) is 3.19. The highest BCUT2D eigenvalue weighted by molar-refractivity contribution is 6.31. The summed E-state index contributed by atoms with van der Waals surface area (Å²) in [7, 11) is 0. The van der Waals surface area contributed by atoms with Crippen molar-refractivity contribution in [1.29, 1.82) is 0 Å². The highest BCUT2D eigenvalue weighted by atomic mass is 35.5. The van der Waals surface area contributed by atoms with Gasteiger partial charge in [0.25, 0.3) is 0 Å². The Kier molecular flexibility index (Phi) is 4.46. The zero-order valence-electron chi connectivity index (χ0n) is 11.4. The predicted octanol–water partition coefficient (Wildman–Crippen LogP) is 4.69. The summed E-state index contributed by atoms with van der Waals surface area (Å²) in [5.41, 5.74) is -1.76. The predicted molar refractivity (Wildman–Crippen MR) is 72.4 cm³/mol. The van der Waals surface area contributed by atoms with E-state index in [1.807, 2.05) is 0 Å². The molecule has 0 atom stereocenters. The zero-order chi connectivity index (χ0) is 17.4. The summed E-state index contributed by atoms with van der Waals surface area (Å²) in [4.78, 5) is 14.6. The van der Waals surface area contributed by atoms with E-state index in [0.29, 0.717) is 12.1 Å². The van der Waals surface area contributed by atoms with Crippen LogP contribution >= 0.6 is 11.6 Å². The van der Waals surface area contributed by atoms with Crippen molar-refractivity contribution in [3.63, 3.8) is 0 Å². The van der Waals surface area contributed by atoms with Crippen molar-refractivity contribution in [2.24, 2.45) is 0 Å². The Balaban J connectivity index is 2.57. The van der Waals surface area contributed by atoms with Crippen LogP contribution in [0.1, 0.15) is 21.6 Å². The molecule has 1 aromatic heterocycles.